The minimum absolute atomic E-state index is 0.0454. The number of aromatic nitrogens is 1. The van der Waals surface area contributed by atoms with E-state index in [0.29, 0.717) is 6.54 Å². The van der Waals surface area contributed by atoms with Gasteiger partial charge in [-0.1, -0.05) is 0 Å². The van der Waals surface area contributed by atoms with Crippen LogP contribution < -0.4 is 10.6 Å². The van der Waals surface area contributed by atoms with Crippen LogP contribution in [-0.2, 0) is 0 Å². The Morgan fingerprint density at radius 3 is 2.88 bits per heavy atom. The molecule has 1 aliphatic rings. The molecule has 1 heterocycles. The third-order valence-electron chi connectivity index (χ3n) is 2.89. The van der Waals surface area contributed by atoms with Gasteiger partial charge in [0.25, 0.3) is 5.91 Å². The van der Waals surface area contributed by atoms with Crippen LogP contribution in [0, 0.1) is 5.82 Å². The minimum Gasteiger partial charge on any atom is -0.368 e. The maximum absolute atomic E-state index is 13.9. The number of carbonyl (C=O) groups excluding carboxylic acids is 1. The maximum Gasteiger partial charge on any atom is 0.254 e. The molecule has 92 valence electrons. The predicted molar refractivity (Wildman–Crippen MR) is 63.5 cm³/mol. The van der Waals surface area contributed by atoms with E-state index in [1.807, 2.05) is 13.8 Å². The first-order chi connectivity index (χ1) is 8.06. The van der Waals surface area contributed by atoms with Gasteiger partial charge in [0.05, 0.1) is 5.56 Å². The molecular formula is C12H16FN3O. The van der Waals surface area contributed by atoms with E-state index in [2.05, 4.69) is 15.6 Å². The number of rotatable bonds is 4. The molecule has 0 saturated heterocycles. The summed E-state index contributed by atoms with van der Waals surface area (Å²) in [6, 6.07) is 1.40. The second-order valence-corrected chi connectivity index (χ2v) is 4.57. The number of nitrogens with one attached hydrogen (secondary N) is 2. The van der Waals surface area contributed by atoms with Crippen molar-refractivity contribution in [3.8, 4) is 0 Å². The molecule has 1 fully saturated rings. The Bertz CT molecular complexity index is 443. The SMILES string of the molecule is CCNc1nccc(C(=O)NC2(C)CC2)c1F. The van der Waals surface area contributed by atoms with E-state index >= 15 is 0 Å². The molecular weight excluding hydrogens is 221 g/mol. The van der Waals surface area contributed by atoms with Crippen molar-refractivity contribution in [3.63, 3.8) is 0 Å². The zero-order chi connectivity index (χ0) is 12.5. The smallest absolute Gasteiger partial charge is 0.254 e. The number of halogens is 1. The third-order valence-corrected chi connectivity index (χ3v) is 2.89. The van der Waals surface area contributed by atoms with Crippen LogP contribution in [0.2, 0.25) is 0 Å². The van der Waals surface area contributed by atoms with Crippen LogP contribution in [0.3, 0.4) is 0 Å². The van der Waals surface area contributed by atoms with Crippen molar-refractivity contribution < 1.29 is 9.18 Å². The molecule has 0 spiro atoms. The Balaban J connectivity index is 2.19. The van der Waals surface area contributed by atoms with E-state index in [1.165, 1.54) is 12.3 Å². The summed E-state index contributed by atoms with van der Waals surface area (Å²) in [5.41, 5.74) is -0.102. The molecule has 0 bridgehead atoms. The molecule has 0 unspecified atom stereocenters. The normalized spacial score (nSPS) is 16.4. The summed E-state index contributed by atoms with van der Waals surface area (Å²) in [6.07, 6.45) is 3.34. The Morgan fingerprint density at radius 1 is 1.59 bits per heavy atom. The van der Waals surface area contributed by atoms with Crippen molar-refractivity contribution in [1.29, 1.82) is 0 Å². The van der Waals surface area contributed by atoms with Crippen LogP contribution >= 0.6 is 0 Å². The average molecular weight is 237 g/mol. The highest BCUT2D eigenvalue weighted by atomic mass is 19.1. The summed E-state index contributed by atoms with van der Waals surface area (Å²) in [6.45, 7) is 4.36. The fourth-order valence-corrected chi connectivity index (χ4v) is 1.56. The van der Waals surface area contributed by atoms with Gasteiger partial charge in [-0.05, 0) is 32.8 Å². The first-order valence-electron chi connectivity index (χ1n) is 5.76. The molecule has 2 N–H and O–H groups in total. The van der Waals surface area contributed by atoms with Crippen LogP contribution in [0.5, 0.6) is 0 Å². The van der Waals surface area contributed by atoms with E-state index in [-0.39, 0.29) is 22.8 Å². The molecule has 0 aliphatic heterocycles. The van der Waals surface area contributed by atoms with E-state index in [4.69, 9.17) is 0 Å². The molecule has 1 aromatic rings. The molecule has 0 atom stereocenters. The van der Waals surface area contributed by atoms with Crippen LogP contribution in [0.4, 0.5) is 10.2 Å². The van der Waals surface area contributed by atoms with E-state index in [0.717, 1.165) is 12.8 Å². The van der Waals surface area contributed by atoms with Gasteiger partial charge in [-0.15, -0.1) is 0 Å². The van der Waals surface area contributed by atoms with Gasteiger partial charge in [0.15, 0.2) is 11.6 Å². The van der Waals surface area contributed by atoms with Crippen LogP contribution in [0.1, 0.15) is 37.0 Å². The van der Waals surface area contributed by atoms with Gasteiger partial charge in [0.2, 0.25) is 0 Å². The lowest BCUT2D eigenvalue weighted by molar-refractivity contribution is 0.0931. The second-order valence-electron chi connectivity index (χ2n) is 4.57. The number of pyridine rings is 1. The molecule has 1 saturated carbocycles. The van der Waals surface area contributed by atoms with Gasteiger partial charge in [0, 0.05) is 18.3 Å². The zero-order valence-electron chi connectivity index (χ0n) is 10.0. The number of hydrogen-bond donors (Lipinski definition) is 2. The van der Waals surface area contributed by atoms with Crippen LogP contribution in [0.15, 0.2) is 12.3 Å². The highest BCUT2D eigenvalue weighted by Gasteiger charge is 2.39. The van der Waals surface area contributed by atoms with Crippen LogP contribution in [-0.4, -0.2) is 23.0 Å². The molecule has 1 aliphatic carbocycles. The van der Waals surface area contributed by atoms with Gasteiger partial charge in [-0.3, -0.25) is 4.79 Å². The number of nitrogens with zero attached hydrogens (tertiary/aromatic N) is 1. The second kappa shape index (κ2) is 4.31. The first-order valence-corrected chi connectivity index (χ1v) is 5.76. The summed E-state index contributed by atoms with van der Waals surface area (Å²) >= 11 is 0. The lowest BCUT2D eigenvalue weighted by atomic mass is 10.2. The largest absolute Gasteiger partial charge is 0.368 e. The highest BCUT2D eigenvalue weighted by Crippen LogP contribution is 2.34. The van der Waals surface area contributed by atoms with Crippen molar-refractivity contribution in [1.82, 2.24) is 10.3 Å². The molecule has 4 nitrogen and oxygen atoms in total. The van der Waals surface area contributed by atoms with Gasteiger partial charge in [-0.2, -0.15) is 0 Å². The molecule has 5 heteroatoms. The van der Waals surface area contributed by atoms with Crippen molar-refractivity contribution in [2.24, 2.45) is 0 Å². The Labute approximate surface area is 99.6 Å². The average Bonchev–Trinajstić information content (AvgIpc) is 2.99. The van der Waals surface area contributed by atoms with Gasteiger partial charge < -0.3 is 10.6 Å². The third kappa shape index (κ3) is 2.54. The lowest BCUT2D eigenvalue weighted by Crippen LogP contribution is -2.34. The van der Waals surface area contributed by atoms with Gasteiger partial charge in [-0.25, -0.2) is 9.37 Å². The molecule has 0 aromatic carbocycles. The molecule has 2 rings (SSSR count). The van der Waals surface area contributed by atoms with Crippen molar-refractivity contribution >= 4 is 11.7 Å². The summed E-state index contributed by atoms with van der Waals surface area (Å²) < 4.78 is 13.9. The zero-order valence-corrected chi connectivity index (χ0v) is 10.0. The summed E-state index contributed by atoms with van der Waals surface area (Å²) in [5, 5.41) is 5.61. The Morgan fingerprint density at radius 2 is 2.29 bits per heavy atom. The van der Waals surface area contributed by atoms with Crippen molar-refractivity contribution in [2.45, 2.75) is 32.2 Å². The van der Waals surface area contributed by atoms with E-state index in [9.17, 15) is 9.18 Å². The van der Waals surface area contributed by atoms with Gasteiger partial charge >= 0.3 is 0 Å². The highest BCUT2D eigenvalue weighted by molar-refractivity contribution is 5.95. The topological polar surface area (TPSA) is 54.0 Å². The number of carbonyl (C=O) groups is 1. The predicted octanol–water partition coefficient (Wildman–Crippen LogP) is 1.93. The number of amides is 1. The summed E-state index contributed by atoms with van der Waals surface area (Å²) in [4.78, 5) is 15.7. The Kier molecular flexibility index (Phi) is 3.00. The summed E-state index contributed by atoms with van der Waals surface area (Å²) in [5.74, 6) is -0.832. The quantitative estimate of drug-likeness (QED) is 0.841. The van der Waals surface area contributed by atoms with E-state index in [1.54, 1.807) is 0 Å². The van der Waals surface area contributed by atoms with Gasteiger partial charge in [0.1, 0.15) is 0 Å². The molecule has 1 amide bonds. The summed E-state index contributed by atoms with van der Waals surface area (Å²) in [7, 11) is 0. The molecule has 17 heavy (non-hydrogen) atoms. The maximum atomic E-state index is 13.9. The van der Waals surface area contributed by atoms with Crippen molar-refractivity contribution in [3.05, 3.63) is 23.6 Å². The van der Waals surface area contributed by atoms with E-state index < -0.39 is 5.82 Å². The lowest BCUT2D eigenvalue weighted by Gasteiger charge is -2.13. The molecule has 1 aromatic heterocycles. The first kappa shape index (κ1) is 11.8. The molecule has 0 radical (unpaired) electrons. The number of hydrogen-bond acceptors (Lipinski definition) is 3. The minimum atomic E-state index is -0.587. The Hall–Kier alpha value is -1.65. The fourth-order valence-electron chi connectivity index (χ4n) is 1.56. The van der Waals surface area contributed by atoms with Crippen molar-refractivity contribution in [2.75, 3.05) is 11.9 Å². The standard InChI is InChI=1S/C12H16FN3O/c1-3-14-10-9(13)8(4-7-15-10)11(17)16-12(2)5-6-12/h4,7H,3,5-6H2,1-2H3,(H,14,15)(H,16,17). The van der Waals surface area contributed by atoms with Crippen LogP contribution in [0.25, 0.3) is 0 Å². The fraction of sp³-hybridized carbons (Fsp3) is 0.500. The monoisotopic (exact) mass is 237 g/mol. The number of anilines is 1.